The number of rotatable bonds is 4. The lowest BCUT2D eigenvalue weighted by molar-refractivity contribution is 0.484. The fourth-order valence-electron chi connectivity index (χ4n) is 1.75. The van der Waals surface area contributed by atoms with Crippen LogP contribution in [0, 0.1) is 5.92 Å². The molecule has 3 nitrogen and oxygen atoms in total. The highest BCUT2D eigenvalue weighted by Gasteiger charge is 2.11. The van der Waals surface area contributed by atoms with Gasteiger partial charge in [-0.15, -0.1) is 0 Å². The van der Waals surface area contributed by atoms with Gasteiger partial charge in [-0.2, -0.15) is 5.10 Å². The van der Waals surface area contributed by atoms with Crippen molar-refractivity contribution in [1.29, 1.82) is 0 Å². The van der Waals surface area contributed by atoms with Crippen molar-refractivity contribution >= 4 is 15.9 Å². The van der Waals surface area contributed by atoms with Crippen molar-refractivity contribution < 1.29 is 0 Å². The highest BCUT2D eigenvalue weighted by molar-refractivity contribution is 9.08. The molecular formula is C13H16BrN3. The first-order valence-electron chi connectivity index (χ1n) is 5.74. The molecular weight excluding hydrogens is 278 g/mol. The zero-order valence-electron chi connectivity index (χ0n) is 10.1. The Bertz CT molecular complexity index is 477. The van der Waals surface area contributed by atoms with Crippen molar-refractivity contribution in [2.75, 3.05) is 0 Å². The number of halogens is 1. The molecule has 2 heterocycles. The van der Waals surface area contributed by atoms with Crippen LogP contribution in [0.2, 0.25) is 0 Å². The Morgan fingerprint density at radius 1 is 1.35 bits per heavy atom. The van der Waals surface area contributed by atoms with Gasteiger partial charge < -0.3 is 0 Å². The first-order valence-corrected chi connectivity index (χ1v) is 6.86. The van der Waals surface area contributed by atoms with Gasteiger partial charge in [-0.05, 0) is 18.1 Å². The molecule has 0 aliphatic carbocycles. The average molecular weight is 294 g/mol. The summed E-state index contributed by atoms with van der Waals surface area (Å²) >= 11 is 3.50. The zero-order valence-corrected chi connectivity index (χ0v) is 11.7. The van der Waals surface area contributed by atoms with E-state index in [1.807, 2.05) is 22.9 Å². The van der Waals surface area contributed by atoms with E-state index in [2.05, 4.69) is 46.1 Å². The maximum absolute atomic E-state index is 4.62. The SMILES string of the molecule is CC(C)Cn1cc(CBr)c(-c2ccccn2)n1. The van der Waals surface area contributed by atoms with Gasteiger partial charge in [0.1, 0.15) is 5.69 Å². The van der Waals surface area contributed by atoms with Crippen LogP contribution in [-0.2, 0) is 11.9 Å². The third-order valence-corrected chi connectivity index (χ3v) is 3.05. The second-order valence-corrected chi connectivity index (χ2v) is 5.03. The molecule has 0 spiro atoms. The van der Waals surface area contributed by atoms with Crippen LogP contribution in [0.25, 0.3) is 11.4 Å². The third-order valence-electron chi connectivity index (χ3n) is 2.44. The fraction of sp³-hybridized carbons (Fsp3) is 0.385. The topological polar surface area (TPSA) is 30.7 Å². The van der Waals surface area contributed by atoms with Crippen LogP contribution < -0.4 is 0 Å². The summed E-state index contributed by atoms with van der Waals surface area (Å²) in [5, 5.41) is 5.42. The third kappa shape index (κ3) is 2.94. The van der Waals surface area contributed by atoms with Crippen LogP contribution in [0.5, 0.6) is 0 Å². The van der Waals surface area contributed by atoms with E-state index in [-0.39, 0.29) is 0 Å². The maximum Gasteiger partial charge on any atom is 0.115 e. The molecule has 2 aromatic heterocycles. The highest BCUT2D eigenvalue weighted by Crippen LogP contribution is 2.22. The first-order chi connectivity index (χ1) is 8.20. The molecule has 0 aromatic carbocycles. The molecule has 0 radical (unpaired) electrons. The van der Waals surface area contributed by atoms with Crippen LogP contribution >= 0.6 is 15.9 Å². The van der Waals surface area contributed by atoms with E-state index in [1.54, 1.807) is 6.20 Å². The molecule has 17 heavy (non-hydrogen) atoms. The summed E-state index contributed by atoms with van der Waals surface area (Å²) in [6.45, 7) is 5.32. The standard InChI is InChI=1S/C13H16BrN3/c1-10(2)8-17-9-11(7-14)13(16-17)12-5-3-4-6-15-12/h3-6,9-10H,7-8H2,1-2H3. The Hall–Kier alpha value is -1.16. The molecule has 0 unspecified atom stereocenters. The minimum Gasteiger partial charge on any atom is -0.272 e. The average Bonchev–Trinajstić information content (AvgIpc) is 2.72. The second kappa shape index (κ2) is 5.45. The van der Waals surface area contributed by atoms with E-state index < -0.39 is 0 Å². The Kier molecular flexibility index (Phi) is 3.94. The minimum atomic E-state index is 0.592. The highest BCUT2D eigenvalue weighted by atomic mass is 79.9. The quantitative estimate of drug-likeness (QED) is 0.808. The largest absolute Gasteiger partial charge is 0.272 e. The number of hydrogen-bond donors (Lipinski definition) is 0. The van der Waals surface area contributed by atoms with Crippen LogP contribution in [-0.4, -0.2) is 14.8 Å². The summed E-state index contributed by atoms with van der Waals surface area (Å²) in [5.41, 5.74) is 3.09. The molecule has 90 valence electrons. The molecule has 0 aliphatic rings. The van der Waals surface area contributed by atoms with Crippen LogP contribution in [0.3, 0.4) is 0 Å². The molecule has 0 saturated heterocycles. The molecule has 0 aliphatic heterocycles. The lowest BCUT2D eigenvalue weighted by Gasteiger charge is -2.03. The molecule has 0 fully saturated rings. The van der Waals surface area contributed by atoms with Gasteiger partial charge in [0.2, 0.25) is 0 Å². The molecule has 0 saturated carbocycles. The van der Waals surface area contributed by atoms with Crippen molar-refractivity contribution in [3.05, 3.63) is 36.2 Å². The molecule has 4 heteroatoms. The van der Waals surface area contributed by atoms with E-state index in [0.717, 1.165) is 23.3 Å². The van der Waals surface area contributed by atoms with Gasteiger partial charge >= 0.3 is 0 Å². The molecule has 0 bridgehead atoms. The predicted molar refractivity (Wildman–Crippen MR) is 72.9 cm³/mol. The van der Waals surface area contributed by atoms with Gasteiger partial charge in [0, 0.05) is 29.8 Å². The van der Waals surface area contributed by atoms with Gasteiger partial charge in [-0.1, -0.05) is 35.8 Å². The summed E-state index contributed by atoms with van der Waals surface area (Å²) in [5.74, 6) is 0.592. The Balaban J connectivity index is 2.36. The summed E-state index contributed by atoms with van der Waals surface area (Å²) in [7, 11) is 0. The molecule has 0 atom stereocenters. The first kappa shape index (κ1) is 12.3. The minimum absolute atomic E-state index is 0.592. The van der Waals surface area contributed by atoms with E-state index in [4.69, 9.17) is 0 Å². The van der Waals surface area contributed by atoms with Crippen LogP contribution in [0.15, 0.2) is 30.6 Å². The van der Waals surface area contributed by atoms with Crippen molar-refractivity contribution in [2.24, 2.45) is 5.92 Å². The van der Waals surface area contributed by atoms with Crippen molar-refractivity contribution in [3.63, 3.8) is 0 Å². The van der Waals surface area contributed by atoms with Gasteiger partial charge in [-0.3, -0.25) is 9.67 Å². The number of aromatic nitrogens is 3. The predicted octanol–water partition coefficient (Wildman–Crippen LogP) is 3.50. The Morgan fingerprint density at radius 3 is 2.76 bits per heavy atom. The molecule has 2 rings (SSSR count). The summed E-state index contributed by atoms with van der Waals surface area (Å²) < 4.78 is 2.01. The van der Waals surface area contributed by atoms with Gasteiger partial charge in [0.05, 0.1) is 5.69 Å². The second-order valence-electron chi connectivity index (χ2n) is 4.47. The van der Waals surface area contributed by atoms with Gasteiger partial charge in [-0.25, -0.2) is 0 Å². The normalized spacial score (nSPS) is 11.1. The van der Waals surface area contributed by atoms with Gasteiger partial charge in [0.25, 0.3) is 0 Å². The monoisotopic (exact) mass is 293 g/mol. The van der Waals surface area contributed by atoms with Crippen molar-refractivity contribution in [3.8, 4) is 11.4 Å². The maximum atomic E-state index is 4.62. The number of nitrogens with zero attached hydrogens (tertiary/aromatic N) is 3. The number of hydrogen-bond acceptors (Lipinski definition) is 2. The van der Waals surface area contributed by atoms with E-state index in [9.17, 15) is 0 Å². The molecule has 0 amide bonds. The Morgan fingerprint density at radius 2 is 2.18 bits per heavy atom. The Labute approximate surface area is 110 Å². The summed E-state index contributed by atoms with van der Waals surface area (Å²) in [4.78, 5) is 4.35. The molecule has 2 aromatic rings. The molecule has 0 N–H and O–H groups in total. The van der Waals surface area contributed by atoms with E-state index in [1.165, 1.54) is 5.56 Å². The summed E-state index contributed by atoms with van der Waals surface area (Å²) in [6, 6.07) is 5.90. The zero-order chi connectivity index (χ0) is 12.3. The van der Waals surface area contributed by atoms with E-state index >= 15 is 0 Å². The summed E-state index contributed by atoms with van der Waals surface area (Å²) in [6.07, 6.45) is 3.90. The number of alkyl halides is 1. The smallest absolute Gasteiger partial charge is 0.115 e. The van der Waals surface area contributed by atoms with E-state index in [0.29, 0.717) is 5.92 Å². The van der Waals surface area contributed by atoms with Crippen molar-refractivity contribution in [1.82, 2.24) is 14.8 Å². The van der Waals surface area contributed by atoms with Crippen molar-refractivity contribution in [2.45, 2.75) is 25.7 Å². The number of pyridine rings is 1. The van der Waals surface area contributed by atoms with Crippen LogP contribution in [0.4, 0.5) is 0 Å². The lowest BCUT2D eigenvalue weighted by Crippen LogP contribution is -2.04. The lowest BCUT2D eigenvalue weighted by atomic mass is 10.2. The fourth-order valence-corrected chi connectivity index (χ4v) is 2.16. The van der Waals surface area contributed by atoms with Gasteiger partial charge in [0.15, 0.2) is 0 Å². The van der Waals surface area contributed by atoms with Crippen LogP contribution in [0.1, 0.15) is 19.4 Å².